The van der Waals surface area contributed by atoms with Gasteiger partial charge in [-0.25, -0.2) is 9.40 Å². The smallest absolute Gasteiger partial charge is 0.213 e. The highest BCUT2D eigenvalue weighted by Gasteiger charge is 2.42. The van der Waals surface area contributed by atoms with Crippen LogP contribution in [0, 0.1) is 5.82 Å². The van der Waals surface area contributed by atoms with E-state index in [1.807, 2.05) is 35.3 Å². The molecule has 5 rings (SSSR count). The molecule has 7 heteroatoms. The molecule has 0 spiro atoms. The average molecular weight is 443 g/mol. The van der Waals surface area contributed by atoms with Crippen molar-refractivity contribution in [2.45, 2.75) is 18.7 Å². The highest BCUT2D eigenvalue weighted by Crippen LogP contribution is 2.50. The fourth-order valence-electron chi connectivity index (χ4n) is 3.92. The molecule has 2 aliphatic rings. The summed E-state index contributed by atoms with van der Waals surface area (Å²) in [5, 5.41) is 7.77. The molecule has 2 aliphatic heterocycles. The molecule has 0 fully saturated rings. The van der Waals surface area contributed by atoms with Crippen molar-refractivity contribution in [2.75, 3.05) is 7.11 Å². The van der Waals surface area contributed by atoms with Gasteiger partial charge in [0, 0.05) is 22.6 Å². The summed E-state index contributed by atoms with van der Waals surface area (Å²) in [6, 6.07) is 17.4. The van der Waals surface area contributed by atoms with Crippen molar-refractivity contribution >= 4 is 28.9 Å². The number of hydrazone groups is 1. The number of benzene rings is 3. The molecule has 2 atom stereocenters. The molecule has 0 saturated heterocycles. The quantitative estimate of drug-likeness (QED) is 0.471. The van der Waals surface area contributed by atoms with E-state index in [1.54, 1.807) is 25.3 Å². The average Bonchev–Trinajstić information content (AvgIpc) is 3.20. The van der Waals surface area contributed by atoms with Gasteiger partial charge < -0.3 is 9.47 Å². The Morgan fingerprint density at radius 1 is 1.07 bits per heavy atom. The third kappa shape index (κ3) is 3.28. The van der Waals surface area contributed by atoms with E-state index < -0.39 is 6.23 Å². The van der Waals surface area contributed by atoms with Crippen molar-refractivity contribution in [3.63, 3.8) is 0 Å². The van der Waals surface area contributed by atoms with E-state index in [-0.39, 0.29) is 11.9 Å². The van der Waals surface area contributed by atoms with Gasteiger partial charge in [-0.3, -0.25) is 0 Å². The second-order valence-electron chi connectivity index (χ2n) is 7.20. The Bertz CT molecular complexity index is 1130. The van der Waals surface area contributed by atoms with E-state index in [4.69, 9.17) is 37.8 Å². The standard InChI is InChI=1S/C23H17Cl2FN2O2/c1-29-17-8-4-13(5-9-17)20-12-21-18-10-15(24)11-19(25)22(18)30-23(28(21)27-20)14-2-6-16(26)7-3-14/h2-11,21,23H,12H2,1H3. The normalized spacial score (nSPS) is 19.6. The second kappa shape index (κ2) is 7.49. The number of methoxy groups -OCH3 is 1. The van der Waals surface area contributed by atoms with Gasteiger partial charge in [-0.15, -0.1) is 0 Å². The van der Waals surface area contributed by atoms with Crippen molar-refractivity contribution < 1.29 is 13.9 Å². The summed E-state index contributed by atoms with van der Waals surface area (Å²) >= 11 is 12.7. The van der Waals surface area contributed by atoms with Crippen LogP contribution < -0.4 is 9.47 Å². The van der Waals surface area contributed by atoms with E-state index >= 15 is 0 Å². The summed E-state index contributed by atoms with van der Waals surface area (Å²) in [5.41, 5.74) is 3.59. The molecule has 0 aromatic heterocycles. The van der Waals surface area contributed by atoms with Crippen LogP contribution in [-0.4, -0.2) is 17.8 Å². The van der Waals surface area contributed by atoms with Crippen LogP contribution in [0.2, 0.25) is 10.0 Å². The highest BCUT2D eigenvalue weighted by molar-refractivity contribution is 6.35. The number of fused-ring (bicyclic) bond motifs is 3. The predicted molar refractivity (Wildman–Crippen MR) is 115 cm³/mol. The lowest BCUT2D eigenvalue weighted by Gasteiger charge is -2.38. The highest BCUT2D eigenvalue weighted by atomic mass is 35.5. The van der Waals surface area contributed by atoms with Gasteiger partial charge >= 0.3 is 0 Å². The molecule has 2 unspecified atom stereocenters. The van der Waals surface area contributed by atoms with E-state index in [0.29, 0.717) is 22.2 Å². The third-order valence-electron chi connectivity index (χ3n) is 5.39. The molecule has 152 valence electrons. The summed E-state index contributed by atoms with van der Waals surface area (Å²) in [4.78, 5) is 0. The first-order valence-electron chi connectivity index (χ1n) is 9.45. The summed E-state index contributed by atoms with van der Waals surface area (Å²) < 4.78 is 25.0. The van der Waals surface area contributed by atoms with Crippen LogP contribution in [0.1, 0.15) is 35.4 Å². The molecule has 4 nitrogen and oxygen atoms in total. The first kappa shape index (κ1) is 19.2. The van der Waals surface area contributed by atoms with E-state index in [9.17, 15) is 4.39 Å². The molecule has 30 heavy (non-hydrogen) atoms. The van der Waals surface area contributed by atoms with Crippen molar-refractivity contribution in [1.82, 2.24) is 5.01 Å². The van der Waals surface area contributed by atoms with Gasteiger partial charge in [0.25, 0.3) is 0 Å². The zero-order valence-corrected chi connectivity index (χ0v) is 17.5. The van der Waals surface area contributed by atoms with E-state index in [0.717, 1.165) is 28.2 Å². The molecule has 0 N–H and O–H groups in total. The molecule has 0 saturated carbocycles. The van der Waals surface area contributed by atoms with Crippen LogP contribution in [0.5, 0.6) is 11.5 Å². The largest absolute Gasteiger partial charge is 0.497 e. The third-order valence-corrected chi connectivity index (χ3v) is 5.89. The van der Waals surface area contributed by atoms with Crippen LogP contribution in [0.25, 0.3) is 0 Å². The maximum absolute atomic E-state index is 13.5. The van der Waals surface area contributed by atoms with Crippen molar-refractivity contribution in [1.29, 1.82) is 0 Å². The van der Waals surface area contributed by atoms with Gasteiger partial charge in [0.05, 0.1) is 23.9 Å². The van der Waals surface area contributed by atoms with Crippen molar-refractivity contribution in [3.8, 4) is 11.5 Å². The summed E-state index contributed by atoms with van der Waals surface area (Å²) in [5.74, 6) is 1.06. The molecule has 0 amide bonds. The second-order valence-corrected chi connectivity index (χ2v) is 8.05. The van der Waals surface area contributed by atoms with Crippen LogP contribution in [0.4, 0.5) is 4.39 Å². The Labute approximate surface area is 183 Å². The Hall–Kier alpha value is -2.76. The number of rotatable bonds is 3. The molecule has 0 aliphatic carbocycles. The van der Waals surface area contributed by atoms with Gasteiger partial charge in [0.15, 0.2) is 0 Å². The summed E-state index contributed by atoms with van der Waals surface area (Å²) in [6.45, 7) is 0. The summed E-state index contributed by atoms with van der Waals surface area (Å²) in [7, 11) is 1.64. The van der Waals surface area contributed by atoms with Crippen LogP contribution in [0.15, 0.2) is 65.8 Å². The lowest BCUT2D eigenvalue weighted by atomic mass is 9.96. The van der Waals surface area contributed by atoms with Gasteiger partial charge in [-0.05, 0) is 54.1 Å². The lowest BCUT2D eigenvalue weighted by Crippen LogP contribution is -2.33. The van der Waals surface area contributed by atoms with Gasteiger partial charge in [-0.2, -0.15) is 5.10 Å². The SMILES string of the molecule is COc1ccc(C2=NN3C(C2)c2cc(Cl)cc(Cl)c2OC3c2ccc(F)cc2)cc1. The van der Waals surface area contributed by atoms with Crippen molar-refractivity contribution in [3.05, 3.63) is 93.2 Å². The minimum absolute atomic E-state index is 0.0999. The maximum atomic E-state index is 13.5. The lowest BCUT2D eigenvalue weighted by molar-refractivity contribution is -0.0189. The van der Waals surface area contributed by atoms with E-state index in [2.05, 4.69) is 0 Å². The molecule has 3 aromatic carbocycles. The predicted octanol–water partition coefficient (Wildman–Crippen LogP) is 6.38. The first-order chi connectivity index (χ1) is 14.5. The van der Waals surface area contributed by atoms with Gasteiger partial charge in [-0.1, -0.05) is 35.3 Å². The topological polar surface area (TPSA) is 34.1 Å². The van der Waals surface area contributed by atoms with Gasteiger partial charge in [0.2, 0.25) is 6.23 Å². The minimum Gasteiger partial charge on any atom is -0.497 e. The zero-order valence-electron chi connectivity index (χ0n) is 16.0. The fourth-order valence-corrected chi connectivity index (χ4v) is 4.47. The Morgan fingerprint density at radius 2 is 1.80 bits per heavy atom. The van der Waals surface area contributed by atoms with E-state index in [1.165, 1.54) is 12.1 Å². The Balaban J connectivity index is 1.60. The molecule has 0 bridgehead atoms. The molecular formula is C23H17Cl2FN2O2. The number of ether oxygens (including phenoxy) is 2. The number of halogens is 3. The number of hydrogen-bond acceptors (Lipinski definition) is 4. The Kier molecular flexibility index (Phi) is 4.80. The molecular weight excluding hydrogens is 426 g/mol. The fraction of sp³-hybridized carbons (Fsp3) is 0.174. The van der Waals surface area contributed by atoms with Crippen LogP contribution in [0.3, 0.4) is 0 Å². The van der Waals surface area contributed by atoms with Crippen LogP contribution >= 0.6 is 23.2 Å². The minimum atomic E-state index is -0.530. The monoisotopic (exact) mass is 442 g/mol. The Morgan fingerprint density at radius 3 is 2.50 bits per heavy atom. The molecule has 3 aromatic rings. The van der Waals surface area contributed by atoms with Gasteiger partial charge in [0.1, 0.15) is 17.3 Å². The number of nitrogens with zero attached hydrogens (tertiary/aromatic N) is 2. The first-order valence-corrected chi connectivity index (χ1v) is 10.2. The summed E-state index contributed by atoms with van der Waals surface area (Å²) in [6.07, 6.45) is 0.134. The number of hydrogen-bond donors (Lipinski definition) is 0. The maximum Gasteiger partial charge on any atom is 0.213 e. The van der Waals surface area contributed by atoms with Crippen LogP contribution in [-0.2, 0) is 0 Å². The molecule has 2 heterocycles. The zero-order chi connectivity index (χ0) is 20.8. The van der Waals surface area contributed by atoms with Crippen molar-refractivity contribution in [2.24, 2.45) is 5.10 Å². The molecule has 0 radical (unpaired) electrons.